The van der Waals surface area contributed by atoms with Gasteiger partial charge in [0.1, 0.15) is 46.1 Å². The van der Waals surface area contributed by atoms with Gasteiger partial charge in [0.2, 0.25) is 5.91 Å². The first kappa shape index (κ1) is 103. The van der Waals surface area contributed by atoms with Crippen LogP contribution in [0.4, 0.5) is 0 Å². The average Bonchev–Trinajstić information content (AvgIpc) is 1.66. The molecule has 28 heteroatoms. The summed E-state index contributed by atoms with van der Waals surface area (Å²) < 4.78 is 12.3. The molecule has 1 amide bonds. The standard InChI is InChI=1S/C21H22N2O2.C21H24N2O.C20H20N2O2.C18H21N5O.C18H17N3O2.C17H20N4O2/c1-16(24)10-11-21-20(13-17-6-3-2-4-7-17)22-15-23(21)14-18-8-5-9-19(25)12-18;1-16(2)11-21-20(13-17-7-4-3-5-8-17)22-15-23(21)14-18-9-6-10-19(24)12-18;1-15(23)10-11-19-20(17-7-3-2-4-8-17)21-14-22(19)13-16-6-5-9-18(24)12-16;1-12(19)6-18-17(8-15-9-21-22-13(15)2)20-11-23(18)10-14-4-3-5-16(24)7-14;19-17(23)10-16-18(14-6-2-1-3-7-14)20-12-21(16)11-13-5-4-8-15(22)9-13;1-11(22)6-16-17(15-8-19-20-12(15)2)18-10-21(16)9-13-4-3-5-14(23)7-13/h2-9,12,15,25H,10-11,13-14H2,1H3;3-10,12,15-16,24H,11,13-14H2,1-2H3;2-9,12,14,24H,10-11,13H2,1H3;3-5,7,9,11,24H,1,6,8,10,19H2,2H3,(H,21,22);1-9,12,22H,10-11H2,(H2,19,23);3-5,7-8,10-11,22-23H,6,9H2,1-2H3,(H,19,20). The van der Waals surface area contributed by atoms with Crippen LogP contribution in [0.1, 0.15) is 160 Å². The molecule has 0 saturated heterocycles. The number of ketones is 2. The van der Waals surface area contributed by atoms with Crippen LogP contribution in [-0.2, 0) is 111 Å². The number of aryl methyl sites for hydroxylation is 2. The Kier molecular flexibility index (Phi) is 36.9. The van der Waals surface area contributed by atoms with Gasteiger partial charge >= 0.3 is 0 Å². The molecule has 0 radical (unpaired) electrons. The van der Waals surface area contributed by atoms with Gasteiger partial charge in [-0.1, -0.05) is 215 Å². The predicted molar refractivity (Wildman–Crippen MR) is 556 cm³/mol. The van der Waals surface area contributed by atoms with Crippen molar-refractivity contribution >= 4 is 17.5 Å². The van der Waals surface area contributed by atoms with Crippen molar-refractivity contribution in [1.82, 2.24) is 77.7 Å². The van der Waals surface area contributed by atoms with Crippen molar-refractivity contribution in [3.63, 3.8) is 0 Å². The molecule has 8 heterocycles. The Hall–Kier alpha value is -17.0. The Balaban J connectivity index is 0.000000144. The van der Waals surface area contributed by atoms with E-state index >= 15 is 0 Å². The summed E-state index contributed by atoms with van der Waals surface area (Å²) in [6, 6.07) is 83.6. The van der Waals surface area contributed by atoms with E-state index in [9.17, 15) is 50.1 Å². The molecule has 28 nitrogen and oxygen atoms in total. The van der Waals surface area contributed by atoms with Crippen molar-refractivity contribution in [1.29, 1.82) is 0 Å². The van der Waals surface area contributed by atoms with Crippen molar-refractivity contribution in [2.24, 2.45) is 17.4 Å². The number of aliphatic hydroxyl groups excluding tert-OH is 1. The molecular formula is C115H124N18O10. The third-order valence-corrected chi connectivity index (χ3v) is 23.7. The maximum atomic E-state index is 11.5. The first-order chi connectivity index (χ1) is 69.1. The van der Waals surface area contributed by atoms with Crippen LogP contribution in [0.15, 0.2) is 330 Å². The Labute approximate surface area is 832 Å². The molecule has 0 aliphatic carbocycles. The number of nitrogens with two attached hydrogens (primary N) is 2. The lowest BCUT2D eigenvalue weighted by Gasteiger charge is -2.13. The number of phenols is 6. The summed E-state index contributed by atoms with van der Waals surface area (Å²) in [7, 11) is 0. The number of hydrogen-bond donors (Lipinski definition) is 11. The zero-order valence-corrected chi connectivity index (χ0v) is 81.7. The lowest BCUT2D eigenvalue weighted by Crippen LogP contribution is -2.17. The Morgan fingerprint density at radius 3 is 1.03 bits per heavy atom. The number of aromatic hydroxyl groups is 6. The molecule has 0 bridgehead atoms. The maximum Gasteiger partial charge on any atom is 0.223 e. The second-order valence-electron chi connectivity index (χ2n) is 36.0. The average molecular weight is 1920 g/mol. The highest BCUT2D eigenvalue weighted by Crippen LogP contribution is 2.32. The minimum Gasteiger partial charge on any atom is -0.508 e. The fourth-order valence-electron chi connectivity index (χ4n) is 16.8. The number of carbonyl (C=O) groups is 3. The number of primary amides is 1. The van der Waals surface area contributed by atoms with E-state index in [2.05, 4.69) is 125 Å². The summed E-state index contributed by atoms with van der Waals surface area (Å²) in [5.41, 5.74) is 38.1. The molecule has 143 heavy (non-hydrogen) atoms. The van der Waals surface area contributed by atoms with Gasteiger partial charge < -0.3 is 84.2 Å². The van der Waals surface area contributed by atoms with Crippen molar-refractivity contribution in [2.45, 2.75) is 164 Å². The number of phenolic OH excluding ortho intramolecular Hbond substituents is 6. The number of rotatable bonds is 35. The van der Waals surface area contributed by atoms with Crippen molar-refractivity contribution in [3.8, 4) is 68.3 Å². The summed E-state index contributed by atoms with van der Waals surface area (Å²) in [5, 5.41) is 81.7. The molecule has 1 atom stereocenters. The lowest BCUT2D eigenvalue weighted by atomic mass is 10.0. The van der Waals surface area contributed by atoms with E-state index in [4.69, 9.17) is 11.5 Å². The minimum absolute atomic E-state index is 0.114. The zero-order chi connectivity index (χ0) is 101. The van der Waals surface area contributed by atoms with Crippen molar-refractivity contribution < 1.29 is 50.1 Å². The van der Waals surface area contributed by atoms with Crippen LogP contribution < -0.4 is 11.5 Å². The van der Waals surface area contributed by atoms with Gasteiger partial charge in [0.05, 0.1) is 103 Å². The zero-order valence-electron chi connectivity index (χ0n) is 81.7. The highest BCUT2D eigenvalue weighted by Gasteiger charge is 2.23. The number of aromatic nitrogens is 16. The summed E-state index contributed by atoms with van der Waals surface area (Å²) in [6.07, 6.45) is 20.8. The van der Waals surface area contributed by atoms with Gasteiger partial charge in [0, 0.05) is 146 Å². The highest BCUT2D eigenvalue weighted by molar-refractivity contribution is 5.79. The van der Waals surface area contributed by atoms with E-state index in [1.165, 1.54) is 16.8 Å². The number of aromatic amines is 2. The maximum absolute atomic E-state index is 11.5. The third kappa shape index (κ3) is 31.0. The smallest absolute Gasteiger partial charge is 0.223 e. The number of aliphatic hydroxyl groups is 1. The monoisotopic (exact) mass is 1920 g/mol. The molecule has 13 N–H and O–H groups in total. The van der Waals surface area contributed by atoms with E-state index < -0.39 is 12.0 Å². The molecule has 1 unspecified atom stereocenters. The molecule has 0 fully saturated rings. The van der Waals surface area contributed by atoms with Crippen LogP contribution in [0.5, 0.6) is 34.5 Å². The number of nitrogens with zero attached hydrogens (tertiary/aromatic N) is 14. The Morgan fingerprint density at radius 2 is 0.671 bits per heavy atom. The second-order valence-corrected chi connectivity index (χ2v) is 36.0. The molecule has 18 aromatic rings. The molecule has 8 aromatic heterocycles. The topological polar surface area (TPSA) is 409 Å². The van der Waals surface area contributed by atoms with E-state index in [1.807, 2.05) is 212 Å². The SMILES string of the molecule is C=C(N)Cc1c(Cc2cn[nH]c2C)ncn1Cc1cccc(O)c1.CC(=O)CCc1c(-c2ccccc2)ncn1Cc1cccc(O)c1.CC(=O)CCc1c(Cc2ccccc2)ncn1Cc1cccc(O)c1.CC(C)Cc1c(Cc2ccccc2)ncn1Cc1cccc(O)c1.Cc1[nH]ncc1-c1ncn(Cc2cccc(O)c2)c1CC(C)O.NC(=O)Cc1c(-c2ccccc2)ncn1Cc1cccc(O)c1. The van der Waals surface area contributed by atoms with Gasteiger partial charge in [0.15, 0.2) is 0 Å². The minimum atomic E-state index is -0.472. The molecule has 0 saturated carbocycles. The number of carbonyl (C=O) groups excluding carboxylic acids is 3. The van der Waals surface area contributed by atoms with Gasteiger partial charge in [0.25, 0.3) is 0 Å². The van der Waals surface area contributed by atoms with Gasteiger partial charge in [-0.25, -0.2) is 29.9 Å². The highest BCUT2D eigenvalue weighted by atomic mass is 16.3. The number of Topliss-reactive ketones (excluding diaryl/α,β-unsaturated/α-hetero) is 2. The van der Waals surface area contributed by atoms with Crippen LogP contribution in [0.2, 0.25) is 0 Å². The fourth-order valence-corrected chi connectivity index (χ4v) is 16.8. The summed E-state index contributed by atoms with van der Waals surface area (Å²) >= 11 is 0. The van der Waals surface area contributed by atoms with Gasteiger partial charge in [-0.3, -0.25) is 15.0 Å². The van der Waals surface area contributed by atoms with E-state index in [-0.39, 0.29) is 46.7 Å². The number of imidazole rings is 6. The quantitative estimate of drug-likeness (QED) is 0.0176. The van der Waals surface area contributed by atoms with Crippen LogP contribution in [-0.4, -0.2) is 137 Å². The van der Waals surface area contributed by atoms with Crippen molar-refractivity contribution in [2.75, 3.05) is 0 Å². The normalized spacial score (nSPS) is 11.1. The van der Waals surface area contributed by atoms with Crippen LogP contribution in [0, 0.1) is 19.8 Å². The lowest BCUT2D eigenvalue weighted by molar-refractivity contribution is -0.118. The van der Waals surface area contributed by atoms with E-state index in [0.717, 1.165) is 155 Å². The third-order valence-electron chi connectivity index (χ3n) is 23.7. The van der Waals surface area contributed by atoms with Gasteiger partial charge in [-0.15, -0.1) is 0 Å². The number of benzene rings is 10. The van der Waals surface area contributed by atoms with Gasteiger partial charge in [-0.2, -0.15) is 10.2 Å². The molecule has 10 aromatic carbocycles. The first-order valence-electron chi connectivity index (χ1n) is 47.5. The Bertz CT molecular complexity index is 7170. The molecule has 0 aliphatic heterocycles. The first-order valence-corrected chi connectivity index (χ1v) is 47.5. The van der Waals surface area contributed by atoms with Crippen molar-refractivity contribution in [3.05, 3.63) is 442 Å². The second kappa shape index (κ2) is 51.1. The Morgan fingerprint density at radius 1 is 0.350 bits per heavy atom. The molecule has 734 valence electrons. The predicted octanol–water partition coefficient (Wildman–Crippen LogP) is 18.9. The van der Waals surface area contributed by atoms with Crippen LogP contribution in [0.3, 0.4) is 0 Å². The number of allylic oxidation sites excluding steroid dienone is 1. The molecule has 18 rings (SSSR count). The molecular weight excluding hydrogens is 1790 g/mol. The molecule has 0 spiro atoms. The summed E-state index contributed by atoms with van der Waals surface area (Å²) in [4.78, 5) is 61.7. The van der Waals surface area contributed by atoms with E-state index in [1.54, 1.807) is 112 Å². The number of hydrogen-bond acceptors (Lipinski definition) is 19. The number of H-pyrrole nitrogens is 2. The summed E-state index contributed by atoms with van der Waals surface area (Å²) in [5.74, 6) is 2.03. The number of amides is 1. The fraction of sp³-hybridized carbons (Fsp3) is 0.226. The largest absolute Gasteiger partial charge is 0.508 e. The van der Waals surface area contributed by atoms with E-state index in [0.29, 0.717) is 95.0 Å². The number of nitrogens with one attached hydrogen (secondary N) is 2. The van der Waals surface area contributed by atoms with Crippen LogP contribution in [0.25, 0.3) is 33.8 Å². The van der Waals surface area contributed by atoms with Gasteiger partial charge in [-0.05, 0) is 183 Å². The molecule has 0 aliphatic rings. The summed E-state index contributed by atoms with van der Waals surface area (Å²) in [6.45, 7) is 20.9. The van der Waals surface area contributed by atoms with Crippen LogP contribution >= 0.6 is 0 Å².